The molecule has 0 amide bonds. The maximum Gasteiger partial charge on any atom is 0.145 e. The van der Waals surface area contributed by atoms with E-state index >= 15 is 0 Å². The first-order chi connectivity index (χ1) is 46.0. The quantitative estimate of drug-likeness (QED) is 0.107. The second-order valence-corrected chi connectivity index (χ2v) is 24.7. The minimum absolute atomic E-state index is 0.676. The zero-order valence-electron chi connectivity index (χ0n) is 51.5. The van der Waals surface area contributed by atoms with Gasteiger partial charge in [-0.05, 0) is 169 Å². The monoisotopic (exact) mass is 1190 g/mol. The van der Waals surface area contributed by atoms with E-state index in [4.69, 9.17) is 19.9 Å². The van der Waals surface area contributed by atoms with Crippen LogP contribution in [0.4, 0.5) is 0 Å². The molecule has 10 aromatic carbocycles. The topological polar surface area (TPSA) is 60.4 Å². The van der Waals surface area contributed by atoms with Crippen molar-refractivity contribution >= 4 is 106 Å². The second kappa shape index (κ2) is 22.0. The van der Waals surface area contributed by atoms with Gasteiger partial charge in [-0.15, -0.1) is 0 Å². The van der Waals surface area contributed by atoms with Gasteiger partial charge in [0.15, 0.2) is 0 Å². The van der Waals surface area contributed by atoms with E-state index in [0.29, 0.717) is 6.42 Å². The van der Waals surface area contributed by atoms with Gasteiger partial charge in [-0.2, -0.15) is 0 Å². The van der Waals surface area contributed by atoms with Gasteiger partial charge in [-0.3, -0.25) is 8.80 Å². The van der Waals surface area contributed by atoms with Gasteiger partial charge in [0.25, 0.3) is 0 Å². The molecule has 0 aliphatic heterocycles. The van der Waals surface area contributed by atoms with Gasteiger partial charge in [0.05, 0.1) is 33.5 Å². The molecule has 2 bridgehead atoms. The molecule has 6 heterocycles. The number of aromatic nitrogens is 6. The van der Waals surface area contributed by atoms with E-state index in [1.54, 1.807) is 0 Å². The molecule has 0 saturated carbocycles. The van der Waals surface area contributed by atoms with Crippen molar-refractivity contribution in [3.63, 3.8) is 0 Å². The average Bonchev–Trinajstić information content (AvgIpc) is 1.61. The zero-order chi connectivity index (χ0) is 61.7. The highest BCUT2D eigenvalue weighted by Gasteiger charge is 2.27. The Morgan fingerprint density at radius 1 is 0.473 bits per heavy atom. The van der Waals surface area contributed by atoms with Crippen LogP contribution in [0, 0.1) is 6.92 Å². The lowest BCUT2D eigenvalue weighted by atomic mass is 9.88. The standard InChI is InChI=1S/C87H60N6/c1-3-4-31-72(67-32-15-11-22-54(67)2)82-85-83(73-35-18-20-38-77(73)89-82)91-86-74(58-25-9-6-10-26-58)51-66(53-93(85)86)79-69-34-17-13-29-61(69)48-64-47-60(43-45-70(64)79)56-39-41-62-49-63(42-40-56)81-84(80(62)78-46-44-59-28-14-19-37-76(59)88-78)92-52-65(55-23-7-5-8-24-55)50-75(87(92)90-81)71-36-21-30-57-27-12-16-33-68(57)71/h3-20,22-35,37-40,42-53H,21,36,41H2,1-2H3/b4-3-,42-40?,56-39?,72-31+. The molecule has 2 aliphatic carbocycles. The molecular weight excluding hydrogens is 1130 g/mol. The van der Waals surface area contributed by atoms with Crippen LogP contribution in [0.2, 0.25) is 0 Å². The summed E-state index contributed by atoms with van der Waals surface area (Å²) < 4.78 is 4.73. The van der Waals surface area contributed by atoms with Crippen molar-refractivity contribution in [1.82, 2.24) is 28.7 Å². The van der Waals surface area contributed by atoms with Crippen molar-refractivity contribution in [1.29, 1.82) is 0 Å². The summed E-state index contributed by atoms with van der Waals surface area (Å²) in [5.41, 5.74) is 27.6. The fraction of sp³-hybridized carbons (Fsp3) is 0.0575. The van der Waals surface area contributed by atoms with Crippen LogP contribution in [0.3, 0.4) is 0 Å². The van der Waals surface area contributed by atoms with Crippen molar-refractivity contribution in [3.8, 4) is 44.6 Å². The maximum absolute atomic E-state index is 5.80. The maximum atomic E-state index is 5.80. The summed E-state index contributed by atoms with van der Waals surface area (Å²) in [7, 11) is 0. The van der Waals surface area contributed by atoms with Crippen LogP contribution in [-0.4, -0.2) is 28.7 Å². The Hall–Kier alpha value is -11.9. The van der Waals surface area contributed by atoms with E-state index in [0.717, 1.165) is 163 Å². The van der Waals surface area contributed by atoms with Crippen molar-refractivity contribution in [3.05, 3.63) is 329 Å². The van der Waals surface area contributed by atoms with Gasteiger partial charge in [0.1, 0.15) is 22.3 Å². The third kappa shape index (κ3) is 9.00. The summed E-state index contributed by atoms with van der Waals surface area (Å²) in [5, 5.41) is 9.33. The van der Waals surface area contributed by atoms with Crippen LogP contribution in [0.5, 0.6) is 0 Å². The number of para-hydroxylation sites is 2. The van der Waals surface area contributed by atoms with Crippen molar-refractivity contribution in [2.24, 2.45) is 0 Å². The third-order valence-corrected chi connectivity index (χ3v) is 19.2. The lowest BCUT2D eigenvalue weighted by molar-refractivity contribution is 1.07. The number of rotatable bonds is 9. The van der Waals surface area contributed by atoms with E-state index < -0.39 is 0 Å². The fourth-order valence-corrected chi connectivity index (χ4v) is 14.9. The van der Waals surface area contributed by atoms with Gasteiger partial charge in [0.2, 0.25) is 0 Å². The molecular formula is C87H60N6. The van der Waals surface area contributed by atoms with E-state index in [2.05, 4.69) is 314 Å². The number of imidazole rings is 2. The van der Waals surface area contributed by atoms with Gasteiger partial charge < -0.3 is 0 Å². The summed E-state index contributed by atoms with van der Waals surface area (Å²) >= 11 is 0. The summed E-state index contributed by atoms with van der Waals surface area (Å²) in [4.78, 5) is 22.5. The first-order valence-electron chi connectivity index (χ1n) is 32.2. The fourth-order valence-electron chi connectivity index (χ4n) is 14.9. The van der Waals surface area contributed by atoms with Crippen LogP contribution < -0.4 is 10.4 Å². The van der Waals surface area contributed by atoms with Crippen LogP contribution in [-0.2, 0) is 6.42 Å². The van der Waals surface area contributed by atoms with Gasteiger partial charge in [-0.25, -0.2) is 19.9 Å². The molecule has 438 valence electrons. The normalized spacial score (nSPS) is 13.5. The lowest BCUT2D eigenvalue weighted by Gasteiger charge is -2.18. The van der Waals surface area contributed by atoms with Crippen LogP contribution in [0.15, 0.2) is 279 Å². The van der Waals surface area contributed by atoms with Gasteiger partial charge in [-0.1, -0.05) is 231 Å². The number of nitrogens with zero attached hydrogens (tertiary/aromatic N) is 6. The van der Waals surface area contributed by atoms with Crippen molar-refractivity contribution in [2.45, 2.75) is 33.1 Å². The van der Waals surface area contributed by atoms with Crippen molar-refractivity contribution in [2.75, 3.05) is 0 Å². The smallest absolute Gasteiger partial charge is 0.145 e. The van der Waals surface area contributed by atoms with E-state index in [9.17, 15) is 0 Å². The number of hydrogen-bond donors (Lipinski definition) is 0. The first kappa shape index (κ1) is 54.1. The molecule has 2 aliphatic rings. The summed E-state index contributed by atoms with van der Waals surface area (Å²) in [5.74, 6) is 0. The molecule has 0 unspecified atom stereocenters. The first-order valence-corrected chi connectivity index (χ1v) is 32.2. The summed E-state index contributed by atoms with van der Waals surface area (Å²) in [6.07, 6.45) is 23.0. The molecule has 0 saturated heterocycles. The highest BCUT2D eigenvalue weighted by Crippen LogP contribution is 2.45. The Bertz CT molecular complexity index is 6100. The third-order valence-electron chi connectivity index (χ3n) is 19.2. The number of hydrogen-bond acceptors (Lipinski definition) is 4. The molecule has 18 rings (SSSR count). The molecule has 0 spiro atoms. The summed E-state index contributed by atoms with van der Waals surface area (Å²) in [6.45, 7) is 4.25. The number of fused-ring (bicyclic) bond motifs is 15. The largest absolute Gasteiger partial charge is 0.298 e. The molecule has 6 heteroatoms. The molecule has 0 atom stereocenters. The lowest BCUT2D eigenvalue weighted by Crippen LogP contribution is -2.29. The van der Waals surface area contributed by atoms with E-state index in [1.807, 2.05) is 0 Å². The summed E-state index contributed by atoms with van der Waals surface area (Å²) in [6, 6.07) is 85.7. The minimum atomic E-state index is 0.676. The Kier molecular flexibility index (Phi) is 12.8. The molecule has 6 aromatic heterocycles. The molecule has 93 heavy (non-hydrogen) atoms. The zero-order valence-corrected chi connectivity index (χ0v) is 51.5. The predicted molar refractivity (Wildman–Crippen MR) is 388 cm³/mol. The number of pyridine rings is 4. The molecule has 0 N–H and O–H groups in total. The highest BCUT2D eigenvalue weighted by molar-refractivity contribution is 6.15. The van der Waals surface area contributed by atoms with Gasteiger partial charge >= 0.3 is 0 Å². The minimum Gasteiger partial charge on any atom is -0.298 e. The average molecular weight is 1190 g/mol. The second-order valence-electron chi connectivity index (χ2n) is 24.7. The van der Waals surface area contributed by atoms with Gasteiger partial charge in [0, 0.05) is 56.6 Å². The molecule has 0 radical (unpaired) electrons. The Balaban J connectivity index is 0.846. The van der Waals surface area contributed by atoms with Crippen LogP contribution in [0.25, 0.3) is 150 Å². The number of aryl methyl sites for hydroxylation is 1. The highest BCUT2D eigenvalue weighted by atomic mass is 15.0. The van der Waals surface area contributed by atoms with Crippen LogP contribution in [0.1, 0.15) is 58.8 Å². The molecule has 6 nitrogen and oxygen atoms in total. The Morgan fingerprint density at radius 3 is 2.03 bits per heavy atom. The van der Waals surface area contributed by atoms with E-state index in [-0.39, 0.29) is 0 Å². The molecule has 16 aromatic rings. The Morgan fingerprint density at radius 2 is 1.17 bits per heavy atom. The number of benzene rings is 10. The Labute approximate surface area is 537 Å². The van der Waals surface area contributed by atoms with Crippen molar-refractivity contribution < 1.29 is 0 Å². The van der Waals surface area contributed by atoms with E-state index in [1.165, 1.54) is 37.9 Å². The number of allylic oxidation sites excluding steroid dienone is 6. The SMILES string of the molecule is C/C=C\C=C(/c1ccccc1C)c1nc2ccccc2c2nc3c(-c4ccccc4)cc(-c4c5ccccc5cc5cc(C6=CCc7cc(c8nc9c(C%10=c%11ccccc%11=CCC%10)cc(-c%10ccccc%10)cn9c8c7-c7ccc8ccccc8n7)C=C6)ccc45)cn3c12. The van der Waals surface area contributed by atoms with Crippen LogP contribution >= 0.6 is 0 Å². The predicted octanol–water partition coefficient (Wildman–Crippen LogP) is 20.1. The molecule has 0 fully saturated rings.